The Morgan fingerprint density at radius 3 is 2.62 bits per heavy atom. The Bertz CT molecular complexity index is 1040. The molecular weight excluding hydrogens is 481 g/mol. The lowest BCUT2D eigenvalue weighted by Gasteiger charge is -2.37. The molecular formula is C23H28INO4. The van der Waals surface area contributed by atoms with Crippen molar-refractivity contribution in [3.63, 3.8) is 0 Å². The summed E-state index contributed by atoms with van der Waals surface area (Å²) in [5.41, 5.74) is 0.638. The van der Waals surface area contributed by atoms with E-state index in [0.717, 1.165) is 12.8 Å². The number of phenolic OH excluding ortho intramolecular Hbond substituents is 1. The number of likely N-dealkylation sites (tertiary alicyclic amines) is 1. The molecule has 0 atom stereocenters. The second kappa shape index (κ2) is 9.34. The molecule has 1 fully saturated rings. The van der Waals surface area contributed by atoms with Crippen LogP contribution in [0.25, 0.3) is 21.9 Å². The first kappa shape index (κ1) is 21.9. The van der Waals surface area contributed by atoms with Crippen LogP contribution in [0.2, 0.25) is 0 Å². The summed E-state index contributed by atoms with van der Waals surface area (Å²) in [5, 5.41) is 11.0. The minimum atomic E-state index is -0.223. The highest BCUT2D eigenvalue weighted by molar-refractivity contribution is 5.93. The molecule has 1 N–H and O–H groups in total. The predicted molar refractivity (Wildman–Crippen MR) is 111 cm³/mol. The van der Waals surface area contributed by atoms with E-state index in [1.807, 2.05) is 6.07 Å². The van der Waals surface area contributed by atoms with E-state index in [4.69, 9.17) is 9.15 Å². The smallest absolute Gasteiger partial charge is 0.204 e. The molecule has 0 unspecified atom stereocenters. The zero-order chi connectivity index (χ0) is 19.6. The summed E-state index contributed by atoms with van der Waals surface area (Å²) in [6.45, 7) is 4.34. The molecule has 0 radical (unpaired) electrons. The lowest BCUT2D eigenvalue weighted by atomic mass is 10.1. The third-order valence-corrected chi connectivity index (χ3v) is 5.89. The molecule has 1 aliphatic heterocycles. The number of nitrogens with zero attached hydrogens (tertiary/aromatic N) is 1. The van der Waals surface area contributed by atoms with E-state index >= 15 is 0 Å². The van der Waals surface area contributed by atoms with Gasteiger partial charge < -0.3 is 42.7 Å². The Morgan fingerprint density at radius 1 is 1.07 bits per heavy atom. The monoisotopic (exact) mass is 509 g/mol. The van der Waals surface area contributed by atoms with Crippen LogP contribution in [0, 0.1) is 0 Å². The molecule has 4 rings (SSSR count). The van der Waals surface area contributed by atoms with Crippen LogP contribution < -0.4 is 34.1 Å². The van der Waals surface area contributed by atoms with E-state index < -0.39 is 0 Å². The van der Waals surface area contributed by atoms with Crippen molar-refractivity contribution in [3.8, 4) is 11.5 Å². The highest BCUT2D eigenvalue weighted by Crippen LogP contribution is 2.30. The van der Waals surface area contributed by atoms with Crippen molar-refractivity contribution in [1.29, 1.82) is 0 Å². The SMILES string of the molecule is C[N+]1(CCCCOc2cc(O)c3c(=O)c4ccccc4oc3c2)CCCCC1.[I-]. The predicted octanol–water partition coefficient (Wildman–Crippen LogP) is 1.45. The fourth-order valence-corrected chi connectivity index (χ4v) is 4.25. The first-order valence-electron chi connectivity index (χ1n) is 10.2. The van der Waals surface area contributed by atoms with Gasteiger partial charge in [-0.1, -0.05) is 12.1 Å². The summed E-state index contributed by atoms with van der Waals surface area (Å²) in [4.78, 5) is 12.6. The number of halogens is 1. The lowest BCUT2D eigenvalue weighted by molar-refractivity contribution is -0.914. The van der Waals surface area contributed by atoms with E-state index in [2.05, 4.69) is 7.05 Å². The van der Waals surface area contributed by atoms with Crippen LogP contribution in [0.4, 0.5) is 0 Å². The van der Waals surface area contributed by atoms with Gasteiger partial charge in [0.25, 0.3) is 0 Å². The van der Waals surface area contributed by atoms with Crippen LogP contribution in [0.1, 0.15) is 32.1 Å². The number of para-hydroxylation sites is 1. The summed E-state index contributed by atoms with van der Waals surface area (Å²) >= 11 is 0. The van der Waals surface area contributed by atoms with Gasteiger partial charge in [-0.3, -0.25) is 4.79 Å². The third-order valence-electron chi connectivity index (χ3n) is 5.89. The maximum absolute atomic E-state index is 12.6. The summed E-state index contributed by atoms with van der Waals surface area (Å²) in [6.07, 6.45) is 6.13. The number of hydrogen-bond donors (Lipinski definition) is 1. The number of quaternary nitrogens is 1. The average Bonchev–Trinajstić information content (AvgIpc) is 2.68. The van der Waals surface area contributed by atoms with Gasteiger partial charge in [0.1, 0.15) is 28.1 Å². The highest BCUT2D eigenvalue weighted by atomic mass is 127. The van der Waals surface area contributed by atoms with E-state index in [9.17, 15) is 9.90 Å². The molecule has 2 heterocycles. The Labute approximate surface area is 187 Å². The quantitative estimate of drug-likeness (QED) is 0.237. The van der Waals surface area contributed by atoms with Crippen LogP contribution in [0.3, 0.4) is 0 Å². The van der Waals surface area contributed by atoms with Crippen LogP contribution in [0.5, 0.6) is 11.5 Å². The van der Waals surface area contributed by atoms with Crippen LogP contribution in [-0.4, -0.2) is 42.9 Å². The number of benzene rings is 2. The Morgan fingerprint density at radius 2 is 1.83 bits per heavy atom. The van der Waals surface area contributed by atoms with Crippen LogP contribution >= 0.6 is 0 Å². The Hall–Kier alpha value is -1.80. The minimum Gasteiger partial charge on any atom is -1.00 e. The molecule has 5 nitrogen and oxygen atoms in total. The standard InChI is InChI=1S/C23H27NO4.HI/c1-24(11-5-2-6-12-24)13-7-8-14-27-17-15-19(25)22-21(16-17)28-20-10-4-3-9-18(20)23(22)26;/h3-4,9-10,15-16H,2,5-8,11-14H2,1H3;1H. The van der Waals surface area contributed by atoms with Crippen molar-refractivity contribution in [2.75, 3.05) is 33.3 Å². The van der Waals surface area contributed by atoms with Crippen molar-refractivity contribution in [2.24, 2.45) is 0 Å². The molecule has 0 spiro atoms. The molecule has 6 heteroatoms. The molecule has 0 aliphatic carbocycles. The van der Waals surface area contributed by atoms with E-state index in [0.29, 0.717) is 28.9 Å². The summed E-state index contributed by atoms with van der Waals surface area (Å²) in [5.74, 6) is 0.431. The van der Waals surface area contributed by atoms with Gasteiger partial charge in [0, 0.05) is 12.1 Å². The van der Waals surface area contributed by atoms with Crippen LogP contribution in [0.15, 0.2) is 45.6 Å². The third kappa shape index (κ3) is 4.86. The van der Waals surface area contributed by atoms with Crippen molar-refractivity contribution in [1.82, 2.24) is 0 Å². The van der Waals surface area contributed by atoms with Gasteiger partial charge in [-0.25, -0.2) is 0 Å². The number of unbranched alkanes of at least 4 members (excludes halogenated alkanes) is 1. The number of fused-ring (bicyclic) bond motifs is 2. The number of aromatic hydroxyl groups is 1. The molecule has 0 bridgehead atoms. The summed E-state index contributed by atoms with van der Waals surface area (Å²) in [6, 6.07) is 10.3. The second-order valence-corrected chi connectivity index (χ2v) is 8.15. The number of rotatable bonds is 6. The van der Waals surface area contributed by atoms with Gasteiger partial charge in [0.2, 0.25) is 5.43 Å². The number of phenols is 1. The minimum absolute atomic E-state index is 0. The lowest BCUT2D eigenvalue weighted by Crippen LogP contribution is -3.00. The summed E-state index contributed by atoms with van der Waals surface area (Å²) in [7, 11) is 2.35. The molecule has 0 saturated carbocycles. The normalized spacial score (nSPS) is 15.9. The number of hydrogen-bond acceptors (Lipinski definition) is 4. The molecule has 0 amide bonds. The molecule has 1 aromatic heterocycles. The fraction of sp³-hybridized carbons (Fsp3) is 0.435. The van der Waals surface area contributed by atoms with Gasteiger partial charge in [-0.2, -0.15) is 0 Å². The average molecular weight is 509 g/mol. The molecule has 29 heavy (non-hydrogen) atoms. The van der Waals surface area contributed by atoms with E-state index in [-0.39, 0.29) is 40.5 Å². The summed E-state index contributed by atoms with van der Waals surface area (Å²) < 4.78 is 12.8. The molecule has 156 valence electrons. The molecule has 1 aliphatic rings. The van der Waals surface area contributed by atoms with Gasteiger partial charge in [-0.05, 0) is 44.2 Å². The van der Waals surface area contributed by atoms with Crippen molar-refractivity contribution in [2.45, 2.75) is 32.1 Å². The maximum atomic E-state index is 12.6. The Balaban J connectivity index is 0.00000240. The van der Waals surface area contributed by atoms with Gasteiger partial charge >= 0.3 is 0 Å². The van der Waals surface area contributed by atoms with Crippen LogP contribution in [-0.2, 0) is 0 Å². The fourth-order valence-electron chi connectivity index (χ4n) is 4.25. The van der Waals surface area contributed by atoms with Gasteiger partial charge in [0.15, 0.2) is 0 Å². The first-order valence-corrected chi connectivity index (χ1v) is 10.2. The topological polar surface area (TPSA) is 59.7 Å². The van der Waals surface area contributed by atoms with Crippen molar-refractivity contribution < 1.29 is 42.7 Å². The number of ether oxygens (including phenoxy) is 1. The highest BCUT2D eigenvalue weighted by Gasteiger charge is 2.23. The maximum Gasteiger partial charge on any atom is 0.204 e. The molecule has 2 aromatic carbocycles. The number of piperidine rings is 1. The van der Waals surface area contributed by atoms with Gasteiger partial charge in [-0.15, -0.1) is 0 Å². The van der Waals surface area contributed by atoms with Crippen molar-refractivity contribution in [3.05, 3.63) is 46.6 Å². The molecule has 1 saturated heterocycles. The second-order valence-electron chi connectivity index (χ2n) is 8.15. The van der Waals surface area contributed by atoms with Gasteiger partial charge in [0.05, 0.1) is 38.7 Å². The first-order chi connectivity index (χ1) is 13.6. The van der Waals surface area contributed by atoms with E-state index in [1.54, 1.807) is 24.3 Å². The zero-order valence-electron chi connectivity index (χ0n) is 16.8. The zero-order valence-corrected chi connectivity index (χ0v) is 19.0. The van der Waals surface area contributed by atoms with E-state index in [1.165, 1.54) is 49.4 Å². The largest absolute Gasteiger partial charge is 1.00 e. The Kier molecular flexibility index (Phi) is 7.05. The molecule has 3 aromatic rings. The van der Waals surface area contributed by atoms with Crippen molar-refractivity contribution >= 4 is 21.9 Å².